The molecule has 1 saturated heterocycles. The molecular formula is C16H21N3O2. The van der Waals surface area contributed by atoms with Gasteiger partial charge in [-0.1, -0.05) is 13.3 Å². The number of anilines is 1. The van der Waals surface area contributed by atoms with Crippen molar-refractivity contribution in [1.29, 1.82) is 0 Å². The molecular weight excluding hydrogens is 266 g/mol. The Morgan fingerprint density at radius 3 is 2.52 bits per heavy atom. The van der Waals surface area contributed by atoms with E-state index >= 15 is 0 Å². The molecule has 5 nitrogen and oxygen atoms in total. The molecule has 2 amide bonds. The molecule has 0 bridgehead atoms. The fourth-order valence-corrected chi connectivity index (χ4v) is 3.58. The summed E-state index contributed by atoms with van der Waals surface area (Å²) in [6.45, 7) is 2.49. The normalized spacial score (nSPS) is 28.1. The first-order chi connectivity index (χ1) is 10.1. The lowest BCUT2D eigenvalue weighted by atomic mass is 10.00. The minimum absolute atomic E-state index is 0.0174. The van der Waals surface area contributed by atoms with Crippen molar-refractivity contribution >= 4 is 17.6 Å². The first-order valence-electron chi connectivity index (χ1n) is 7.62. The highest BCUT2D eigenvalue weighted by molar-refractivity contribution is 6.05. The molecule has 2 unspecified atom stereocenters. The molecule has 5 heteroatoms. The van der Waals surface area contributed by atoms with E-state index in [2.05, 4.69) is 17.2 Å². The molecule has 2 heterocycles. The average Bonchev–Trinajstić information content (AvgIpc) is 3.03. The van der Waals surface area contributed by atoms with Crippen molar-refractivity contribution < 1.29 is 9.59 Å². The van der Waals surface area contributed by atoms with Crippen molar-refractivity contribution in [1.82, 2.24) is 9.88 Å². The van der Waals surface area contributed by atoms with Gasteiger partial charge in [0.1, 0.15) is 5.82 Å². The number of nitrogens with zero attached hydrogens (tertiary/aromatic N) is 2. The SMILES string of the molecule is CCC1CC2C(=O)N(Cc3ccnc(NC)c3)C(=O)C2C1. The van der Waals surface area contributed by atoms with Gasteiger partial charge in [-0.05, 0) is 36.5 Å². The second kappa shape index (κ2) is 5.47. The van der Waals surface area contributed by atoms with E-state index in [1.807, 2.05) is 12.1 Å². The summed E-state index contributed by atoms with van der Waals surface area (Å²) in [6.07, 6.45) is 4.50. The third-order valence-electron chi connectivity index (χ3n) is 4.83. The quantitative estimate of drug-likeness (QED) is 0.861. The van der Waals surface area contributed by atoms with Gasteiger partial charge in [-0.2, -0.15) is 0 Å². The van der Waals surface area contributed by atoms with Crippen LogP contribution in [0.3, 0.4) is 0 Å². The van der Waals surface area contributed by atoms with Crippen LogP contribution in [-0.4, -0.2) is 28.7 Å². The molecule has 2 aliphatic rings. The highest BCUT2D eigenvalue weighted by atomic mass is 16.2. The molecule has 0 aromatic carbocycles. The fourth-order valence-electron chi connectivity index (χ4n) is 3.58. The van der Waals surface area contributed by atoms with Crippen molar-refractivity contribution in [2.75, 3.05) is 12.4 Å². The van der Waals surface area contributed by atoms with E-state index in [0.717, 1.165) is 30.6 Å². The lowest BCUT2D eigenvalue weighted by Crippen LogP contribution is -2.31. The largest absolute Gasteiger partial charge is 0.373 e. The zero-order valence-electron chi connectivity index (χ0n) is 12.5. The maximum Gasteiger partial charge on any atom is 0.233 e. The Balaban J connectivity index is 1.75. The van der Waals surface area contributed by atoms with Crippen molar-refractivity contribution in [3.63, 3.8) is 0 Å². The van der Waals surface area contributed by atoms with Crippen LogP contribution in [-0.2, 0) is 16.1 Å². The van der Waals surface area contributed by atoms with Crippen LogP contribution in [0.2, 0.25) is 0 Å². The number of fused-ring (bicyclic) bond motifs is 1. The first kappa shape index (κ1) is 14.0. The van der Waals surface area contributed by atoms with Gasteiger partial charge in [0.2, 0.25) is 11.8 Å². The van der Waals surface area contributed by atoms with Crippen LogP contribution in [0, 0.1) is 17.8 Å². The van der Waals surface area contributed by atoms with Crippen LogP contribution in [0.5, 0.6) is 0 Å². The van der Waals surface area contributed by atoms with Crippen molar-refractivity contribution in [2.45, 2.75) is 32.7 Å². The summed E-state index contributed by atoms with van der Waals surface area (Å²) in [5, 5.41) is 2.97. The Bertz CT molecular complexity index is 548. The number of carbonyl (C=O) groups is 2. The summed E-state index contributed by atoms with van der Waals surface area (Å²) in [7, 11) is 1.80. The van der Waals surface area contributed by atoms with Gasteiger partial charge in [0.15, 0.2) is 0 Å². The van der Waals surface area contributed by atoms with Gasteiger partial charge in [-0.15, -0.1) is 0 Å². The number of amides is 2. The standard InChI is InChI=1S/C16H21N3O2/c1-3-10-6-12-13(7-10)16(21)19(15(12)20)9-11-4-5-18-14(8-11)17-2/h4-5,8,10,12-13H,3,6-7,9H2,1-2H3,(H,17,18). The number of hydrogen-bond donors (Lipinski definition) is 1. The molecule has 2 atom stereocenters. The van der Waals surface area contributed by atoms with Gasteiger partial charge in [0.25, 0.3) is 0 Å². The predicted molar refractivity (Wildman–Crippen MR) is 79.3 cm³/mol. The Labute approximate surface area is 124 Å². The highest BCUT2D eigenvalue weighted by Crippen LogP contribution is 2.44. The minimum atomic E-state index is -0.0759. The Morgan fingerprint density at radius 2 is 1.95 bits per heavy atom. The smallest absolute Gasteiger partial charge is 0.233 e. The molecule has 1 aliphatic carbocycles. The molecule has 1 N–H and O–H groups in total. The van der Waals surface area contributed by atoms with Crippen LogP contribution >= 0.6 is 0 Å². The molecule has 0 spiro atoms. The lowest BCUT2D eigenvalue weighted by molar-refractivity contribution is -0.141. The number of likely N-dealkylation sites (tertiary alicyclic amines) is 1. The van der Waals surface area contributed by atoms with Gasteiger partial charge in [-0.3, -0.25) is 14.5 Å². The number of rotatable bonds is 4. The average molecular weight is 287 g/mol. The topological polar surface area (TPSA) is 62.3 Å². The maximum atomic E-state index is 12.5. The zero-order chi connectivity index (χ0) is 15.0. The van der Waals surface area contributed by atoms with E-state index in [4.69, 9.17) is 0 Å². The molecule has 112 valence electrons. The zero-order valence-corrected chi connectivity index (χ0v) is 12.5. The molecule has 3 rings (SSSR count). The lowest BCUT2D eigenvalue weighted by Gasteiger charge is -2.17. The molecule has 1 aromatic heterocycles. The number of hydrogen-bond acceptors (Lipinski definition) is 4. The van der Waals surface area contributed by atoms with E-state index in [9.17, 15) is 9.59 Å². The Kier molecular flexibility index (Phi) is 3.66. The van der Waals surface area contributed by atoms with E-state index in [1.54, 1.807) is 13.2 Å². The van der Waals surface area contributed by atoms with E-state index in [0.29, 0.717) is 12.5 Å². The van der Waals surface area contributed by atoms with E-state index in [-0.39, 0.29) is 23.7 Å². The first-order valence-corrected chi connectivity index (χ1v) is 7.62. The summed E-state index contributed by atoms with van der Waals surface area (Å²) < 4.78 is 0. The van der Waals surface area contributed by atoms with Crippen LogP contribution in [0.4, 0.5) is 5.82 Å². The third-order valence-corrected chi connectivity index (χ3v) is 4.83. The highest BCUT2D eigenvalue weighted by Gasteiger charge is 2.51. The van der Waals surface area contributed by atoms with Gasteiger partial charge in [0, 0.05) is 13.2 Å². The Hall–Kier alpha value is -1.91. The predicted octanol–water partition coefficient (Wildman–Crippen LogP) is 2.04. The number of carbonyl (C=O) groups excluding carboxylic acids is 2. The summed E-state index contributed by atoms with van der Waals surface area (Å²) in [5.74, 6) is 1.17. The van der Waals surface area contributed by atoms with Crippen LogP contribution in [0.1, 0.15) is 31.7 Å². The summed E-state index contributed by atoms with van der Waals surface area (Å²) >= 11 is 0. The van der Waals surface area contributed by atoms with Gasteiger partial charge in [0.05, 0.1) is 18.4 Å². The molecule has 0 radical (unpaired) electrons. The van der Waals surface area contributed by atoms with Gasteiger partial charge in [-0.25, -0.2) is 4.98 Å². The number of nitrogens with one attached hydrogen (secondary N) is 1. The third kappa shape index (κ3) is 2.41. The molecule has 1 aromatic rings. The molecule has 1 saturated carbocycles. The van der Waals surface area contributed by atoms with Crippen molar-refractivity contribution in [3.8, 4) is 0 Å². The molecule has 1 aliphatic heterocycles. The molecule has 21 heavy (non-hydrogen) atoms. The van der Waals surface area contributed by atoms with Crippen molar-refractivity contribution in [3.05, 3.63) is 23.9 Å². The van der Waals surface area contributed by atoms with Crippen LogP contribution < -0.4 is 5.32 Å². The van der Waals surface area contributed by atoms with E-state index < -0.39 is 0 Å². The van der Waals surface area contributed by atoms with Crippen molar-refractivity contribution in [2.24, 2.45) is 17.8 Å². The Morgan fingerprint density at radius 1 is 1.29 bits per heavy atom. The number of pyridine rings is 1. The summed E-state index contributed by atoms with van der Waals surface area (Å²) in [4.78, 5) is 30.6. The maximum absolute atomic E-state index is 12.5. The fraction of sp³-hybridized carbons (Fsp3) is 0.562. The number of aromatic nitrogens is 1. The summed E-state index contributed by atoms with van der Waals surface area (Å²) in [6, 6.07) is 3.73. The van der Waals surface area contributed by atoms with E-state index in [1.165, 1.54) is 4.90 Å². The van der Waals surface area contributed by atoms with Gasteiger partial charge < -0.3 is 5.32 Å². The van der Waals surface area contributed by atoms with Crippen LogP contribution in [0.15, 0.2) is 18.3 Å². The second-order valence-corrected chi connectivity index (χ2v) is 6.02. The molecule has 2 fully saturated rings. The monoisotopic (exact) mass is 287 g/mol. The van der Waals surface area contributed by atoms with Gasteiger partial charge >= 0.3 is 0 Å². The second-order valence-electron chi connectivity index (χ2n) is 6.02. The number of imide groups is 1. The minimum Gasteiger partial charge on any atom is -0.373 e. The summed E-state index contributed by atoms with van der Waals surface area (Å²) in [5.41, 5.74) is 0.933. The van der Waals surface area contributed by atoms with Crippen LogP contribution in [0.25, 0.3) is 0 Å².